The summed E-state index contributed by atoms with van der Waals surface area (Å²) in [7, 11) is -1.85. The molecular formula is C19H19ClFN3O3S. The second-order valence-electron chi connectivity index (χ2n) is 6.24. The zero-order valence-electron chi connectivity index (χ0n) is 15.4. The number of methoxy groups -OCH3 is 1. The van der Waals surface area contributed by atoms with Crippen LogP contribution in [0.5, 0.6) is 5.75 Å². The van der Waals surface area contributed by atoms with E-state index < -0.39 is 21.4 Å². The summed E-state index contributed by atoms with van der Waals surface area (Å²) in [5.74, 6) is -0.476. The average Bonchev–Trinajstić information content (AvgIpc) is 3.14. The first kappa shape index (κ1) is 20.3. The number of ether oxygens (including phenoxy) is 1. The highest BCUT2D eigenvalue weighted by atomic mass is 35.5. The lowest BCUT2D eigenvalue weighted by atomic mass is 10.1. The van der Waals surface area contributed by atoms with E-state index in [-0.39, 0.29) is 22.0 Å². The Hall–Kier alpha value is -2.45. The molecule has 3 aromatic rings. The van der Waals surface area contributed by atoms with Gasteiger partial charge in [0.2, 0.25) is 0 Å². The van der Waals surface area contributed by atoms with Crippen molar-refractivity contribution in [2.75, 3.05) is 12.9 Å². The number of benzene rings is 2. The van der Waals surface area contributed by atoms with Gasteiger partial charge in [-0.05, 0) is 24.6 Å². The van der Waals surface area contributed by atoms with E-state index in [0.717, 1.165) is 5.56 Å². The van der Waals surface area contributed by atoms with Gasteiger partial charge in [-0.2, -0.15) is 0 Å². The fraction of sp³-hybridized carbons (Fsp3) is 0.263. The number of hydrogen-bond acceptors (Lipinski definition) is 5. The molecule has 0 saturated carbocycles. The Balaban J connectivity index is 2.00. The van der Waals surface area contributed by atoms with E-state index in [1.165, 1.54) is 23.0 Å². The van der Waals surface area contributed by atoms with Gasteiger partial charge < -0.3 is 4.74 Å². The van der Waals surface area contributed by atoms with E-state index in [1.54, 1.807) is 32.2 Å². The Morgan fingerprint density at radius 1 is 1.25 bits per heavy atom. The number of hydrogen-bond donors (Lipinski definition) is 0. The van der Waals surface area contributed by atoms with Crippen molar-refractivity contribution in [1.82, 2.24) is 15.0 Å². The summed E-state index contributed by atoms with van der Waals surface area (Å²) in [4.78, 5) is 0. The number of nitrogens with zero attached hydrogens (tertiary/aromatic N) is 3. The molecule has 0 N–H and O–H groups in total. The summed E-state index contributed by atoms with van der Waals surface area (Å²) in [5, 5.41) is 8.14. The van der Waals surface area contributed by atoms with Crippen molar-refractivity contribution < 1.29 is 17.5 Å². The maximum atomic E-state index is 15.1. The van der Waals surface area contributed by atoms with Crippen molar-refractivity contribution in [1.29, 1.82) is 0 Å². The Labute approximate surface area is 167 Å². The molecule has 0 amide bonds. The Morgan fingerprint density at radius 2 is 2.04 bits per heavy atom. The summed E-state index contributed by atoms with van der Waals surface area (Å²) in [6.07, 6.45) is 2.00. The minimum absolute atomic E-state index is 0.00624. The van der Waals surface area contributed by atoms with Gasteiger partial charge in [-0.3, -0.25) is 0 Å². The van der Waals surface area contributed by atoms with Crippen LogP contribution >= 0.6 is 11.6 Å². The SMILES string of the molecule is CCCS(=O)(=O)Cc1ccc(Cl)c(-n2cc(-c3cccc(OC)c3)nn2)c1F. The largest absolute Gasteiger partial charge is 0.497 e. The topological polar surface area (TPSA) is 74.1 Å². The molecule has 0 unspecified atom stereocenters. The van der Waals surface area contributed by atoms with Gasteiger partial charge in [0.15, 0.2) is 15.7 Å². The normalized spacial score (nSPS) is 11.6. The predicted molar refractivity (Wildman–Crippen MR) is 106 cm³/mol. The molecule has 1 aromatic heterocycles. The predicted octanol–water partition coefficient (Wildman–Crippen LogP) is 4.06. The molecule has 0 spiro atoms. The highest BCUT2D eigenvalue weighted by molar-refractivity contribution is 7.90. The Bertz CT molecular complexity index is 1100. The number of halogens is 2. The lowest BCUT2D eigenvalue weighted by Crippen LogP contribution is -2.11. The molecule has 0 atom stereocenters. The summed E-state index contributed by atoms with van der Waals surface area (Å²) < 4.78 is 45.6. The fourth-order valence-electron chi connectivity index (χ4n) is 2.81. The third-order valence-corrected chi connectivity index (χ3v) is 6.21. The molecule has 28 heavy (non-hydrogen) atoms. The van der Waals surface area contributed by atoms with Crippen molar-refractivity contribution in [2.24, 2.45) is 0 Å². The van der Waals surface area contributed by atoms with Gasteiger partial charge in [-0.15, -0.1) is 5.10 Å². The van der Waals surface area contributed by atoms with Crippen LogP contribution in [0.15, 0.2) is 42.6 Å². The first-order chi connectivity index (χ1) is 13.3. The van der Waals surface area contributed by atoms with Crippen molar-refractivity contribution in [2.45, 2.75) is 19.1 Å². The quantitative estimate of drug-likeness (QED) is 0.573. The van der Waals surface area contributed by atoms with Crippen molar-refractivity contribution in [3.05, 3.63) is 59.0 Å². The number of rotatable bonds is 7. The van der Waals surface area contributed by atoms with E-state index in [9.17, 15) is 8.42 Å². The lowest BCUT2D eigenvalue weighted by molar-refractivity contribution is 0.415. The number of aromatic nitrogens is 3. The van der Waals surface area contributed by atoms with E-state index in [1.807, 2.05) is 6.07 Å². The van der Waals surface area contributed by atoms with Crippen LogP contribution in [0, 0.1) is 5.82 Å². The molecule has 0 bridgehead atoms. The Kier molecular flexibility index (Phi) is 6.00. The highest BCUT2D eigenvalue weighted by Crippen LogP contribution is 2.29. The highest BCUT2D eigenvalue weighted by Gasteiger charge is 2.20. The van der Waals surface area contributed by atoms with Gasteiger partial charge in [0.1, 0.15) is 17.1 Å². The second-order valence-corrected chi connectivity index (χ2v) is 8.83. The van der Waals surface area contributed by atoms with Crippen LogP contribution in [0.4, 0.5) is 4.39 Å². The first-order valence-corrected chi connectivity index (χ1v) is 10.8. The third-order valence-electron chi connectivity index (χ3n) is 4.13. The second kappa shape index (κ2) is 8.28. The molecule has 9 heteroatoms. The maximum absolute atomic E-state index is 15.1. The lowest BCUT2D eigenvalue weighted by Gasteiger charge is -2.10. The van der Waals surface area contributed by atoms with Crippen LogP contribution in [-0.4, -0.2) is 36.3 Å². The summed E-state index contributed by atoms with van der Waals surface area (Å²) in [5.41, 5.74) is 1.25. The molecule has 0 fully saturated rings. The molecule has 148 valence electrons. The monoisotopic (exact) mass is 423 g/mol. The van der Waals surface area contributed by atoms with Crippen molar-refractivity contribution >= 4 is 21.4 Å². The van der Waals surface area contributed by atoms with Gasteiger partial charge in [0.05, 0.1) is 29.8 Å². The summed E-state index contributed by atoms with van der Waals surface area (Å²) >= 11 is 6.17. The van der Waals surface area contributed by atoms with Gasteiger partial charge in [0, 0.05) is 11.1 Å². The minimum atomic E-state index is -3.41. The van der Waals surface area contributed by atoms with E-state index >= 15 is 4.39 Å². The molecule has 0 aliphatic heterocycles. The molecule has 6 nitrogen and oxygen atoms in total. The van der Waals surface area contributed by atoms with Crippen LogP contribution < -0.4 is 4.74 Å². The van der Waals surface area contributed by atoms with Gasteiger partial charge in [0.25, 0.3) is 0 Å². The molecule has 0 radical (unpaired) electrons. The average molecular weight is 424 g/mol. The molecule has 0 aliphatic carbocycles. The summed E-state index contributed by atoms with van der Waals surface area (Å²) in [6.45, 7) is 1.76. The molecule has 2 aromatic carbocycles. The van der Waals surface area contributed by atoms with Gasteiger partial charge in [-0.1, -0.05) is 41.9 Å². The Morgan fingerprint density at radius 3 is 2.75 bits per heavy atom. The van der Waals surface area contributed by atoms with Crippen LogP contribution in [0.25, 0.3) is 16.9 Å². The minimum Gasteiger partial charge on any atom is -0.497 e. The maximum Gasteiger partial charge on any atom is 0.154 e. The fourth-order valence-corrected chi connectivity index (χ4v) is 4.51. The zero-order valence-corrected chi connectivity index (χ0v) is 17.0. The first-order valence-electron chi connectivity index (χ1n) is 8.59. The number of sulfone groups is 1. The molecule has 3 rings (SSSR count). The van der Waals surface area contributed by atoms with Gasteiger partial charge >= 0.3 is 0 Å². The van der Waals surface area contributed by atoms with Crippen LogP contribution in [0.3, 0.4) is 0 Å². The molecule has 1 heterocycles. The van der Waals surface area contributed by atoms with Crippen molar-refractivity contribution in [3.63, 3.8) is 0 Å². The third kappa shape index (κ3) is 4.34. The van der Waals surface area contributed by atoms with Gasteiger partial charge in [-0.25, -0.2) is 17.5 Å². The smallest absolute Gasteiger partial charge is 0.154 e. The molecule has 0 saturated heterocycles. The molecular weight excluding hydrogens is 405 g/mol. The summed E-state index contributed by atoms with van der Waals surface area (Å²) in [6, 6.07) is 10.0. The molecule has 0 aliphatic rings. The van der Waals surface area contributed by atoms with Crippen LogP contribution in [0.2, 0.25) is 5.02 Å². The van der Waals surface area contributed by atoms with Crippen LogP contribution in [-0.2, 0) is 15.6 Å². The van der Waals surface area contributed by atoms with Crippen LogP contribution in [0.1, 0.15) is 18.9 Å². The standard InChI is InChI=1S/C19H19ClFN3O3S/c1-3-9-28(25,26)12-14-7-8-16(20)19(18(14)21)24-11-17(22-23-24)13-5-4-6-15(10-13)27-2/h4-8,10-11H,3,9,12H2,1-2H3. The van der Waals surface area contributed by atoms with E-state index in [0.29, 0.717) is 17.9 Å². The van der Waals surface area contributed by atoms with E-state index in [4.69, 9.17) is 16.3 Å². The van der Waals surface area contributed by atoms with Crippen molar-refractivity contribution in [3.8, 4) is 22.7 Å². The zero-order chi connectivity index (χ0) is 20.3. The van der Waals surface area contributed by atoms with E-state index in [2.05, 4.69) is 10.3 Å².